The Morgan fingerprint density at radius 2 is 1.79 bits per heavy atom. The Morgan fingerprint density at radius 1 is 1.00 bits per heavy atom. The fourth-order valence-electron chi connectivity index (χ4n) is 2.69. The third-order valence-electron chi connectivity index (χ3n) is 4.37. The van der Waals surface area contributed by atoms with Crippen molar-refractivity contribution in [1.82, 2.24) is 9.97 Å². The van der Waals surface area contributed by atoms with Gasteiger partial charge in [0, 0.05) is 18.0 Å². The molecule has 1 N–H and O–H groups in total. The van der Waals surface area contributed by atoms with E-state index in [2.05, 4.69) is 63.8 Å². The van der Waals surface area contributed by atoms with Gasteiger partial charge in [0.1, 0.15) is 0 Å². The Balaban J connectivity index is 1.58. The van der Waals surface area contributed by atoms with Gasteiger partial charge in [-0.15, -0.1) is 0 Å². The highest BCUT2D eigenvalue weighted by Gasteiger charge is 2.02. The molecule has 3 aromatic rings. The number of nitrogens with zero attached hydrogens (tertiary/aromatic N) is 3. The summed E-state index contributed by atoms with van der Waals surface area (Å²) in [6.07, 6.45) is 5.34. The van der Waals surface area contributed by atoms with Crippen molar-refractivity contribution in [1.29, 1.82) is 0 Å². The van der Waals surface area contributed by atoms with Crippen LogP contribution in [0.5, 0.6) is 0 Å². The van der Waals surface area contributed by atoms with Crippen molar-refractivity contribution in [3.63, 3.8) is 0 Å². The molecule has 0 bridgehead atoms. The lowest BCUT2D eigenvalue weighted by Crippen LogP contribution is -2.02. The zero-order chi connectivity index (χ0) is 19.6. The van der Waals surface area contributed by atoms with Crippen molar-refractivity contribution in [2.24, 2.45) is 5.10 Å². The van der Waals surface area contributed by atoms with E-state index in [1.54, 1.807) is 18.0 Å². The molecule has 1 aromatic heterocycles. The molecule has 0 aliphatic carbocycles. The summed E-state index contributed by atoms with van der Waals surface area (Å²) in [6.45, 7) is 4.22. The molecule has 0 radical (unpaired) electrons. The van der Waals surface area contributed by atoms with Crippen LogP contribution in [0.4, 0.5) is 5.82 Å². The quantitative estimate of drug-likeness (QED) is 0.212. The zero-order valence-electron chi connectivity index (χ0n) is 16.4. The lowest BCUT2D eigenvalue weighted by atomic mass is 10.0. The van der Waals surface area contributed by atoms with Crippen molar-refractivity contribution in [3.05, 3.63) is 83.6 Å². The highest BCUT2D eigenvalue weighted by Crippen LogP contribution is 2.20. The average Bonchev–Trinajstić information content (AvgIpc) is 2.76. The predicted molar refractivity (Wildman–Crippen MR) is 119 cm³/mol. The lowest BCUT2D eigenvalue weighted by molar-refractivity contribution is 0.795. The van der Waals surface area contributed by atoms with Crippen molar-refractivity contribution in [2.45, 2.75) is 44.0 Å². The van der Waals surface area contributed by atoms with Crippen molar-refractivity contribution >= 4 is 23.3 Å². The molecule has 28 heavy (non-hydrogen) atoms. The summed E-state index contributed by atoms with van der Waals surface area (Å²) in [5.74, 6) is 1.54. The average molecular weight is 391 g/mol. The first-order chi connectivity index (χ1) is 13.7. The molecule has 0 saturated heterocycles. The number of aromatic nitrogens is 2. The summed E-state index contributed by atoms with van der Waals surface area (Å²) in [5, 5.41) is 5.22. The topological polar surface area (TPSA) is 50.2 Å². The number of hydrazone groups is 1. The number of hydrogen-bond acceptors (Lipinski definition) is 5. The molecule has 4 nitrogen and oxygen atoms in total. The van der Waals surface area contributed by atoms with E-state index in [1.165, 1.54) is 24.0 Å². The Bertz CT molecular complexity index is 892. The van der Waals surface area contributed by atoms with E-state index in [0.29, 0.717) is 5.82 Å². The molecule has 3 rings (SSSR count). The Hall–Kier alpha value is -2.66. The van der Waals surface area contributed by atoms with Crippen LogP contribution in [0, 0.1) is 0 Å². The normalized spacial score (nSPS) is 11.4. The third-order valence-corrected chi connectivity index (χ3v) is 5.31. The fraction of sp³-hybridized carbons (Fsp3) is 0.261. The van der Waals surface area contributed by atoms with E-state index in [1.807, 2.05) is 31.2 Å². The molecule has 1 heterocycles. The van der Waals surface area contributed by atoms with E-state index in [4.69, 9.17) is 0 Å². The minimum Gasteiger partial charge on any atom is -0.261 e. The van der Waals surface area contributed by atoms with Gasteiger partial charge in [0.05, 0.1) is 5.71 Å². The Morgan fingerprint density at radius 3 is 2.54 bits per heavy atom. The standard InChI is InChI=1S/C23H26N4S/c1-3-4-8-19-11-13-21(14-12-19)18(2)26-27-22-15-16-24-23(25-22)28-17-20-9-6-5-7-10-20/h5-7,9-16H,3-4,8,17H2,1-2H3,(H,24,25,27). The highest BCUT2D eigenvalue weighted by atomic mass is 32.2. The molecule has 5 heteroatoms. The van der Waals surface area contributed by atoms with Gasteiger partial charge in [-0.05, 0) is 36.5 Å². The van der Waals surface area contributed by atoms with E-state index in [0.717, 1.165) is 28.6 Å². The van der Waals surface area contributed by atoms with Crippen molar-refractivity contribution < 1.29 is 0 Å². The Labute approximate surface area is 171 Å². The minimum atomic E-state index is 0.699. The number of thioether (sulfide) groups is 1. The number of aryl methyl sites for hydroxylation is 1. The number of hydrogen-bond donors (Lipinski definition) is 1. The summed E-state index contributed by atoms with van der Waals surface area (Å²) in [6, 6.07) is 20.8. The van der Waals surface area contributed by atoms with Crippen molar-refractivity contribution in [2.75, 3.05) is 5.43 Å². The SMILES string of the molecule is CCCCc1ccc(C(C)=NNc2ccnc(SCc3ccccc3)n2)cc1. The number of nitrogens with one attached hydrogen (secondary N) is 1. The largest absolute Gasteiger partial charge is 0.261 e. The molecule has 0 unspecified atom stereocenters. The van der Waals surface area contributed by atoms with E-state index in [9.17, 15) is 0 Å². The molecule has 0 saturated carbocycles. The maximum Gasteiger partial charge on any atom is 0.189 e. The predicted octanol–water partition coefficient (Wildman–Crippen LogP) is 5.95. The molecule has 144 valence electrons. The van der Waals surface area contributed by atoms with Crippen LogP contribution in [0.2, 0.25) is 0 Å². The van der Waals surface area contributed by atoms with Crippen LogP contribution >= 0.6 is 11.8 Å². The second-order valence-corrected chi connectivity index (χ2v) is 7.55. The summed E-state index contributed by atoms with van der Waals surface area (Å²) >= 11 is 1.62. The summed E-state index contributed by atoms with van der Waals surface area (Å²) in [7, 11) is 0. The molecular weight excluding hydrogens is 364 g/mol. The van der Waals surface area contributed by atoms with E-state index >= 15 is 0 Å². The number of benzene rings is 2. The van der Waals surface area contributed by atoms with E-state index < -0.39 is 0 Å². The van der Waals surface area contributed by atoms with Crippen LogP contribution in [-0.4, -0.2) is 15.7 Å². The zero-order valence-corrected chi connectivity index (χ0v) is 17.2. The highest BCUT2D eigenvalue weighted by molar-refractivity contribution is 7.98. The maximum absolute atomic E-state index is 4.53. The molecule has 2 aromatic carbocycles. The monoisotopic (exact) mass is 390 g/mol. The van der Waals surface area contributed by atoms with Gasteiger partial charge in [-0.2, -0.15) is 5.10 Å². The fourth-order valence-corrected chi connectivity index (χ4v) is 3.48. The molecule has 0 aliphatic heterocycles. The molecule has 0 amide bonds. The Kier molecular flexibility index (Phi) is 7.62. The first kappa shape index (κ1) is 20.1. The molecule has 0 spiro atoms. The first-order valence-electron chi connectivity index (χ1n) is 9.64. The van der Waals surface area contributed by atoms with Gasteiger partial charge < -0.3 is 0 Å². The summed E-state index contributed by atoms with van der Waals surface area (Å²) in [5.41, 5.74) is 7.73. The van der Waals surface area contributed by atoms with Gasteiger partial charge in [0.2, 0.25) is 0 Å². The molecule has 0 fully saturated rings. The second kappa shape index (κ2) is 10.6. The number of rotatable bonds is 9. The van der Waals surface area contributed by atoms with E-state index in [-0.39, 0.29) is 0 Å². The summed E-state index contributed by atoms with van der Waals surface area (Å²) in [4.78, 5) is 8.87. The smallest absolute Gasteiger partial charge is 0.189 e. The minimum absolute atomic E-state index is 0.699. The number of unbranched alkanes of at least 4 members (excludes halogenated alkanes) is 1. The van der Waals surface area contributed by atoms with Gasteiger partial charge in [-0.25, -0.2) is 9.97 Å². The number of anilines is 1. The lowest BCUT2D eigenvalue weighted by Gasteiger charge is -2.06. The van der Waals surface area contributed by atoms with Crippen LogP contribution in [0.15, 0.2) is 77.1 Å². The first-order valence-corrected chi connectivity index (χ1v) is 10.6. The van der Waals surface area contributed by atoms with Gasteiger partial charge in [-0.3, -0.25) is 5.43 Å². The van der Waals surface area contributed by atoms with Crippen LogP contribution in [0.3, 0.4) is 0 Å². The van der Waals surface area contributed by atoms with Gasteiger partial charge in [-0.1, -0.05) is 79.7 Å². The maximum atomic E-state index is 4.53. The van der Waals surface area contributed by atoms with Crippen LogP contribution in [0.25, 0.3) is 0 Å². The summed E-state index contributed by atoms with van der Waals surface area (Å²) < 4.78 is 0. The third kappa shape index (κ3) is 6.20. The van der Waals surface area contributed by atoms with Crippen LogP contribution < -0.4 is 5.43 Å². The molecule has 0 atom stereocenters. The van der Waals surface area contributed by atoms with Crippen molar-refractivity contribution in [3.8, 4) is 0 Å². The second-order valence-electron chi connectivity index (χ2n) is 6.61. The van der Waals surface area contributed by atoms with Gasteiger partial charge >= 0.3 is 0 Å². The van der Waals surface area contributed by atoms with Crippen LogP contribution in [0.1, 0.15) is 43.4 Å². The molecule has 0 aliphatic rings. The molecular formula is C23H26N4S. The van der Waals surface area contributed by atoms with Gasteiger partial charge in [0.25, 0.3) is 0 Å². The van der Waals surface area contributed by atoms with Gasteiger partial charge in [0.15, 0.2) is 11.0 Å². The van der Waals surface area contributed by atoms with Crippen LogP contribution in [-0.2, 0) is 12.2 Å².